The van der Waals surface area contributed by atoms with Gasteiger partial charge in [-0.25, -0.2) is 13.4 Å². The fraction of sp³-hybridized carbons (Fsp3) is 0. The second-order valence-electron chi connectivity index (χ2n) is 3.84. The smallest absolute Gasteiger partial charge is 0.255 e. The monoisotopic (exact) mass is 328 g/mol. The summed E-state index contributed by atoms with van der Waals surface area (Å²) in [6, 6.07) is 9.91. The van der Waals surface area contributed by atoms with Gasteiger partial charge in [-0.3, -0.25) is 4.72 Å². The predicted octanol–water partition coefficient (Wildman–Crippen LogP) is 3.80. The van der Waals surface area contributed by atoms with Crippen LogP contribution in [0.4, 0.5) is 5.69 Å². The maximum Gasteiger partial charge on any atom is 0.255 e. The lowest BCUT2D eigenvalue weighted by Gasteiger charge is -2.05. The molecule has 0 saturated carbocycles. The Labute approximate surface area is 127 Å². The van der Waals surface area contributed by atoms with E-state index >= 15 is 0 Å². The van der Waals surface area contributed by atoms with E-state index in [1.807, 2.05) is 0 Å². The number of pyridine rings is 1. The SMILES string of the molecule is O=S(=O)(/C=C/c1ccc(Cl)cc1)Nc1cccnc1Cl. The van der Waals surface area contributed by atoms with Crippen molar-refractivity contribution >= 4 is 45.0 Å². The Bertz CT molecular complexity index is 728. The summed E-state index contributed by atoms with van der Waals surface area (Å²) in [5, 5.41) is 1.74. The van der Waals surface area contributed by atoms with E-state index in [0.717, 1.165) is 11.0 Å². The minimum Gasteiger partial charge on any atom is -0.277 e. The highest BCUT2D eigenvalue weighted by atomic mass is 35.5. The highest BCUT2D eigenvalue weighted by Crippen LogP contribution is 2.19. The van der Waals surface area contributed by atoms with Crippen LogP contribution in [0, 0.1) is 0 Å². The Hall–Kier alpha value is -1.56. The van der Waals surface area contributed by atoms with E-state index in [4.69, 9.17) is 23.2 Å². The van der Waals surface area contributed by atoms with Gasteiger partial charge in [0.05, 0.1) is 11.1 Å². The van der Waals surface area contributed by atoms with E-state index in [0.29, 0.717) is 5.02 Å². The van der Waals surface area contributed by atoms with Crippen molar-refractivity contribution in [3.05, 3.63) is 63.7 Å². The van der Waals surface area contributed by atoms with Crippen molar-refractivity contribution in [3.63, 3.8) is 0 Å². The average molecular weight is 329 g/mol. The third kappa shape index (κ3) is 4.23. The number of nitrogens with zero attached hydrogens (tertiary/aromatic N) is 1. The van der Waals surface area contributed by atoms with Crippen LogP contribution in [0.25, 0.3) is 6.08 Å². The molecule has 0 unspecified atom stereocenters. The second kappa shape index (κ2) is 6.26. The number of rotatable bonds is 4. The van der Waals surface area contributed by atoms with Crippen LogP contribution in [0.1, 0.15) is 5.56 Å². The summed E-state index contributed by atoms with van der Waals surface area (Å²) in [6.07, 6.45) is 2.94. The molecule has 1 N–H and O–H groups in total. The third-order valence-corrected chi connectivity index (χ3v) is 3.87. The zero-order valence-electron chi connectivity index (χ0n) is 10.1. The van der Waals surface area contributed by atoms with Crippen molar-refractivity contribution in [2.75, 3.05) is 4.72 Å². The molecule has 2 aromatic rings. The molecule has 0 aliphatic carbocycles. The number of nitrogens with one attached hydrogen (secondary N) is 1. The fourth-order valence-corrected chi connectivity index (χ4v) is 2.62. The molecule has 104 valence electrons. The maximum atomic E-state index is 11.9. The van der Waals surface area contributed by atoms with Crippen LogP contribution >= 0.6 is 23.2 Å². The lowest BCUT2D eigenvalue weighted by atomic mass is 10.2. The lowest BCUT2D eigenvalue weighted by molar-refractivity contribution is 0.609. The number of anilines is 1. The topological polar surface area (TPSA) is 59.1 Å². The zero-order valence-corrected chi connectivity index (χ0v) is 12.5. The van der Waals surface area contributed by atoms with Gasteiger partial charge in [-0.1, -0.05) is 35.3 Å². The van der Waals surface area contributed by atoms with Crippen LogP contribution < -0.4 is 4.72 Å². The first-order chi connectivity index (χ1) is 9.46. The molecule has 4 nitrogen and oxygen atoms in total. The molecule has 7 heteroatoms. The average Bonchev–Trinajstić information content (AvgIpc) is 2.41. The Kier molecular flexibility index (Phi) is 4.65. The summed E-state index contributed by atoms with van der Waals surface area (Å²) >= 11 is 11.5. The van der Waals surface area contributed by atoms with Crippen LogP contribution in [-0.2, 0) is 10.0 Å². The van der Waals surface area contributed by atoms with Gasteiger partial charge in [-0.2, -0.15) is 0 Å². The minimum absolute atomic E-state index is 0.0935. The standard InChI is InChI=1S/C13H10Cl2N2O2S/c14-11-5-3-10(4-6-11)7-9-20(18,19)17-12-2-1-8-16-13(12)15/h1-9,17H/b9-7+. The van der Waals surface area contributed by atoms with Crippen molar-refractivity contribution in [2.45, 2.75) is 0 Å². The van der Waals surface area contributed by atoms with Gasteiger partial charge < -0.3 is 0 Å². The third-order valence-electron chi connectivity index (χ3n) is 2.32. The van der Waals surface area contributed by atoms with E-state index in [2.05, 4.69) is 9.71 Å². The van der Waals surface area contributed by atoms with Gasteiger partial charge in [0.25, 0.3) is 10.0 Å². The van der Waals surface area contributed by atoms with Crippen LogP contribution in [0.15, 0.2) is 48.0 Å². The van der Waals surface area contributed by atoms with Crippen LogP contribution in [0.5, 0.6) is 0 Å². The van der Waals surface area contributed by atoms with E-state index in [9.17, 15) is 8.42 Å². The normalized spacial score (nSPS) is 11.7. The van der Waals surface area contributed by atoms with Gasteiger partial charge in [0, 0.05) is 11.2 Å². The van der Waals surface area contributed by atoms with Gasteiger partial charge in [0.1, 0.15) is 0 Å². The Morgan fingerprint density at radius 3 is 2.45 bits per heavy atom. The summed E-state index contributed by atoms with van der Waals surface area (Å²) in [5.74, 6) is 0. The van der Waals surface area contributed by atoms with Gasteiger partial charge in [0.15, 0.2) is 5.15 Å². The number of hydrogen-bond donors (Lipinski definition) is 1. The minimum atomic E-state index is -3.65. The van der Waals surface area contributed by atoms with E-state index in [-0.39, 0.29) is 10.8 Å². The lowest BCUT2D eigenvalue weighted by Crippen LogP contribution is -2.09. The molecule has 0 radical (unpaired) electrons. The molecular weight excluding hydrogens is 319 g/mol. The van der Waals surface area contributed by atoms with E-state index in [1.54, 1.807) is 30.3 Å². The summed E-state index contributed by atoms with van der Waals surface area (Å²) < 4.78 is 26.1. The first-order valence-corrected chi connectivity index (χ1v) is 7.83. The molecule has 1 aromatic carbocycles. The maximum absolute atomic E-state index is 11.9. The molecule has 2 rings (SSSR count). The highest BCUT2D eigenvalue weighted by Gasteiger charge is 2.08. The van der Waals surface area contributed by atoms with Crippen molar-refractivity contribution in [3.8, 4) is 0 Å². The summed E-state index contributed by atoms with van der Waals surface area (Å²) in [5.41, 5.74) is 0.951. The van der Waals surface area contributed by atoms with Crippen molar-refractivity contribution in [2.24, 2.45) is 0 Å². The number of benzene rings is 1. The molecule has 0 atom stereocenters. The first kappa shape index (κ1) is 14.8. The predicted molar refractivity (Wildman–Crippen MR) is 82.3 cm³/mol. The largest absolute Gasteiger partial charge is 0.277 e. The molecule has 1 aromatic heterocycles. The molecule has 0 saturated heterocycles. The van der Waals surface area contributed by atoms with Crippen molar-refractivity contribution in [1.29, 1.82) is 0 Å². The van der Waals surface area contributed by atoms with Crippen LogP contribution in [0.2, 0.25) is 10.2 Å². The number of aromatic nitrogens is 1. The fourth-order valence-electron chi connectivity index (χ4n) is 1.39. The van der Waals surface area contributed by atoms with Crippen molar-refractivity contribution < 1.29 is 8.42 Å². The van der Waals surface area contributed by atoms with Gasteiger partial charge in [-0.05, 0) is 35.9 Å². The molecule has 0 spiro atoms. The summed E-state index contributed by atoms with van der Waals surface area (Å²) in [6.45, 7) is 0. The van der Waals surface area contributed by atoms with Crippen LogP contribution in [0.3, 0.4) is 0 Å². The molecule has 20 heavy (non-hydrogen) atoms. The second-order valence-corrected chi connectivity index (χ2v) is 6.20. The molecular formula is C13H10Cl2N2O2S. The zero-order chi connectivity index (χ0) is 14.6. The highest BCUT2D eigenvalue weighted by molar-refractivity contribution is 7.95. The van der Waals surface area contributed by atoms with Crippen LogP contribution in [-0.4, -0.2) is 13.4 Å². The Morgan fingerprint density at radius 1 is 1.10 bits per heavy atom. The quantitative estimate of drug-likeness (QED) is 0.868. The van der Waals surface area contributed by atoms with E-state index in [1.165, 1.54) is 18.3 Å². The molecule has 0 amide bonds. The summed E-state index contributed by atoms with van der Waals surface area (Å²) in [4.78, 5) is 3.79. The van der Waals surface area contributed by atoms with E-state index < -0.39 is 10.0 Å². The Balaban J connectivity index is 2.15. The molecule has 0 bridgehead atoms. The first-order valence-electron chi connectivity index (χ1n) is 5.53. The van der Waals surface area contributed by atoms with Gasteiger partial charge in [0.2, 0.25) is 0 Å². The molecule has 0 aliphatic rings. The number of sulfonamides is 1. The molecule has 1 heterocycles. The molecule has 0 aliphatic heterocycles. The number of halogens is 2. The van der Waals surface area contributed by atoms with Crippen molar-refractivity contribution in [1.82, 2.24) is 4.98 Å². The number of hydrogen-bond acceptors (Lipinski definition) is 3. The summed E-state index contributed by atoms with van der Waals surface area (Å²) in [7, 11) is -3.65. The van der Waals surface area contributed by atoms with Gasteiger partial charge in [-0.15, -0.1) is 0 Å². The molecule has 0 fully saturated rings. The van der Waals surface area contributed by atoms with Gasteiger partial charge >= 0.3 is 0 Å². The Morgan fingerprint density at radius 2 is 1.80 bits per heavy atom.